The maximum atomic E-state index is 12.4. The summed E-state index contributed by atoms with van der Waals surface area (Å²) in [5, 5.41) is 4.28. The van der Waals surface area contributed by atoms with E-state index in [1.165, 1.54) is 44.9 Å². The van der Waals surface area contributed by atoms with Gasteiger partial charge in [0.25, 0.3) is 0 Å². The molecule has 0 saturated heterocycles. The first-order valence-electron chi connectivity index (χ1n) is 7.45. The van der Waals surface area contributed by atoms with Crippen molar-refractivity contribution in [1.29, 1.82) is 0 Å². The molecule has 2 nitrogen and oxygen atoms in total. The molecule has 18 heavy (non-hydrogen) atoms. The summed E-state index contributed by atoms with van der Waals surface area (Å²) in [6.07, 6.45) is 11.0. The summed E-state index contributed by atoms with van der Waals surface area (Å²) >= 11 is 3.64. The Labute approximate surface area is 119 Å². The Hall–Kier alpha value is -0.0500. The van der Waals surface area contributed by atoms with E-state index in [9.17, 15) is 4.79 Å². The SMILES string of the molecule is CC1(C(=O)NCC2(CBr)CCCC2)CCCCC1. The van der Waals surface area contributed by atoms with E-state index in [-0.39, 0.29) is 5.41 Å². The van der Waals surface area contributed by atoms with Crippen molar-refractivity contribution in [2.45, 2.75) is 64.7 Å². The monoisotopic (exact) mass is 315 g/mol. The van der Waals surface area contributed by atoms with E-state index in [2.05, 4.69) is 28.2 Å². The summed E-state index contributed by atoms with van der Waals surface area (Å²) in [7, 11) is 0. The van der Waals surface area contributed by atoms with Crippen molar-refractivity contribution in [3.63, 3.8) is 0 Å². The highest BCUT2D eigenvalue weighted by atomic mass is 79.9. The van der Waals surface area contributed by atoms with Crippen LogP contribution in [0, 0.1) is 10.8 Å². The van der Waals surface area contributed by atoms with Crippen LogP contribution in [0.5, 0.6) is 0 Å². The molecule has 0 aliphatic heterocycles. The first-order chi connectivity index (χ1) is 8.60. The third-order valence-electron chi connectivity index (χ3n) is 5.08. The largest absolute Gasteiger partial charge is 0.355 e. The molecule has 3 heteroatoms. The first-order valence-corrected chi connectivity index (χ1v) is 8.57. The number of alkyl halides is 1. The number of halogens is 1. The molecular formula is C15H26BrNO. The highest BCUT2D eigenvalue weighted by molar-refractivity contribution is 9.09. The third kappa shape index (κ3) is 3.09. The second kappa shape index (κ2) is 5.94. The summed E-state index contributed by atoms with van der Waals surface area (Å²) < 4.78 is 0. The molecular weight excluding hydrogens is 290 g/mol. The van der Waals surface area contributed by atoms with Gasteiger partial charge in [-0.2, -0.15) is 0 Å². The Morgan fingerprint density at radius 2 is 1.61 bits per heavy atom. The second-order valence-electron chi connectivity index (χ2n) is 6.64. The molecule has 104 valence electrons. The van der Waals surface area contributed by atoms with Crippen LogP contribution >= 0.6 is 15.9 Å². The van der Waals surface area contributed by atoms with Crippen molar-refractivity contribution in [3.05, 3.63) is 0 Å². The highest BCUT2D eigenvalue weighted by Gasteiger charge is 2.37. The quantitative estimate of drug-likeness (QED) is 0.780. The zero-order valence-electron chi connectivity index (χ0n) is 11.6. The van der Waals surface area contributed by atoms with Gasteiger partial charge in [0.15, 0.2) is 0 Å². The Kier molecular flexibility index (Phi) is 4.74. The van der Waals surface area contributed by atoms with Crippen LogP contribution in [0.1, 0.15) is 64.7 Å². The van der Waals surface area contributed by atoms with Crippen molar-refractivity contribution in [2.24, 2.45) is 10.8 Å². The van der Waals surface area contributed by atoms with Crippen LogP contribution < -0.4 is 5.32 Å². The fourth-order valence-electron chi connectivity index (χ4n) is 3.52. The molecule has 0 aromatic carbocycles. The number of rotatable bonds is 4. The van der Waals surface area contributed by atoms with Crippen molar-refractivity contribution < 1.29 is 4.79 Å². The summed E-state index contributed by atoms with van der Waals surface area (Å²) in [5.41, 5.74) is 0.241. The predicted octanol–water partition coefficient (Wildman–Crippen LogP) is 4.03. The number of hydrogen-bond acceptors (Lipinski definition) is 1. The van der Waals surface area contributed by atoms with Gasteiger partial charge in [0.1, 0.15) is 0 Å². The van der Waals surface area contributed by atoms with Crippen LogP contribution in [0.15, 0.2) is 0 Å². The van der Waals surface area contributed by atoms with Gasteiger partial charge in [-0.3, -0.25) is 4.79 Å². The zero-order valence-corrected chi connectivity index (χ0v) is 13.2. The predicted molar refractivity (Wildman–Crippen MR) is 78.9 cm³/mol. The van der Waals surface area contributed by atoms with Gasteiger partial charge in [-0.1, -0.05) is 55.0 Å². The molecule has 0 aromatic rings. The van der Waals surface area contributed by atoms with E-state index in [4.69, 9.17) is 0 Å². The number of carbonyl (C=O) groups is 1. The Balaban J connectivity index is 1.87. The van der Waals surface area contributed by atoms with Crippen LogP contribution in [-0.2, 0) is 4.79 Å². The van der Waals surface area contributed by atoms with E-state index in [1.54, 1.807) is 0 Å². The standard InChI is InChI=1S/C15H26BrNO/c1-14(7-3-2-4-8-14)13(18)17-12-15(11-16)9-5-6-10-15/h2-12H2,1H3,(H,17,18). The lowest BCUT2D eigenvalue weighted by atomic mass is 9.75. The van der Waals surface area contributed by atoms with Gasteiger partial charge in [0.05, 0.1) is 0 Å². The van der Waals surface area contributed by atoms with Crippen molar-refractivity contribution in [3.8, 4) is 0 Å². The number of carbonyl (C=O) groups excluding carboxylic acids is 1. The van der Waals surface area contributed by atoms with Gasteiger partial charge in [0.2, 0.25) is 5.91 Å². The Bertz CT molecular complexity index is 291. The minimum atomic E-state index is -0.0929. The van der Waals surface area contributed by atoms with Gasteiger partial charge in [-0.05, 0) is 31.1 Å². The maximum Gasteiger partial charge on any atom is 0.225 e. The fraction of sp³-hybridized carbons (Fsp3) is 0.933. The van der Waals surface area contributed by atoms with E-state index < -0.39 is 0 Å². The minimum absolute atomic E-state index is 0.0929. The van der Waals surface area contributed by atoms with Crippen LogP contribution in [0.2, 0.25) is 0 Å². The van der Waals surface area contributed by atoms with Crippen LogP contribution in [0.4, 0.5) is 0 Å². The topological polar surface area (TPSA) is 29.1 Å². The lowest BCUT2D eigenvalue weighted by Gasteiger charge is -2.34. The smallest absolute Gasteiger partial charge is 0.225 e. The first kappa shape index (κ1) is 14.4. The number of nitrogens with one attached hydrogen (secondary N) is 1. The normalized spacial score (nSPS) is 25.9. The molecule has 0 unspecified atom stereocenters. The van der Waals surface area contributed by atoms with Crippen molar-refractivity contribution >= 4 is 21.8 Å². The molecule has 0 aromatic heterocycles. The van der Waals surface area contributed by atoms with Crippen LogP contribution in [0.25, 0.3) is 0 Å². The van der Waals surface area contributed by atoms with E-state index in [0.29, 0.717) is 11.3 Å². The van der Waals surface area contributed by atoms with Gasteiger partial charge in [-0.15, -0.1) is 0 Å². The molecule has 1 N–H and O–H groups in total. The zero-order chi connectivity index (χ0) is 13.1. The highest BCUT2D eigenvalue weighted by Crippen LogP contribution is 2.40. The fourth-order valence-corrected chi connectivity index (χ4v) is 4.28. The summed E-state index contributed by atoms with van der Waals surface area (Å²) in [6.45, 7) is 3.02. The summed E-state index contributed by atoms with van der Waals surface area (Å²) in [4.78, 5) is 12.4. The Morgan fingerprint density at radius 3 is 2.17 bits per heavy atom. The van der Waals surface area contributed by atoms with Crippen LogP contribution in [0.3, 0.4) is 0 Å². The van der Waals surface area contributed by atoms with Crippen LogP contribution in [-0.4, -0.2) is 17.8 Å². The maximum absolute atomic E-state index is 12.4. The molecule has 0 heterocycles. The third-order valence-corrected chi connectivity index (χ3v) is 6.27. The molecule has 0 radical (unpaired) electrons. The number of amides is 1. The second-order valence-corrected chi connectivity index (χ2v) is 7.21. The lowest BCUT2D eigenvalue weighted by molar-refractivity contribution is -0.132. The molecule has 2 aliphatic rings. The molecule has 2 rings (SSSR count). The van der Waals surface area contributed by atoms with Gasteiger partial charge < -0.3 is 5.32 Å². The van der Waals surface area contributed by atoms with Crippen molar-refractivity contribution in [2.75, 3.05) is 11.9 Å². The molecule has 2 saturated carbocycles. The molecule has 2 aliphatic carbocycles. The molecule has 0 spiro atoms. The van der Waals surface area contributed by atoms with E-state index >= 15 is 0 Å². The summed E-state index contributed by atoms with van der Waals surface area (Å²) in [5.74, 6) is 0.300. The Morgan fingerprint density at radius 1 is 1.06 bits per heavy atom. The van der Waals surface area contributed by atoms with Gasteiger partial charge in [-0.25, -0.2) is 0 Å². The average molecular weight is 316 g/mol. The lowest BCUT2D eigenvalue weighted by Crippen LogP contribution is -2.45. The minimum Gasteiger partial charge on any atom is -0.355 e. The van der Waals surface area contributed by atoms with Gasteiger partial charge in [0, 0.05) is 17.3 Å². The van der Waals surface area contributed by atoms with Gasteiger partial charge >= 0.3 is 0 Å². The molecule has 1 amide bonds. The molecule has 0 atom stereocenters. The molecule has 0 bridgehead atoms. The van der Waals surface area contributed by atoms with E-state index in [1.807, 2.05) is 0 Å². The number of hydrogen-bond donors (Lipinski definition) is 1. The molecule has 2 fully saturated rings. The summed E-state index contributed by atoms with van der Waals surface area (Å²) in [6, 6.07) is 0. The average Bonchev–Trinajstić information content (AvgIpc) is 2.86. The van der Waals surface area contributed by atoms with Crippen molar-refractivity contribution in [1.82, 2.24) is 5.32 Å². The van der Waals surface area contributed by atoms with E-state index in [0.717, 1.165) is 24.7 Å².